The smallest absolute Gasteiger partial charge is 0.247 e. The van der Waals surface area contributed by atoms with Crippen LogP contribution in [-0.2, 0) is 24.1 Å². The summed E-state index contributed by atoms with van der Waals surface area (Å²) in [5, 5.41) is 36.1. The number of aliphatic imine (C=N–C) groups is 1. The molecule has 9 heteroatoms. The number of quaternary nitrogens is 1. The Hall–Kier alpha value is -4.04. The molecule has 4 heterocycles. The fourth-order valence-corrected chi connectivity index (χ4v) is 7.63. The first-order valence-electron chi connectivity index (χ1n) is 17.2. The molecule has 5 aliphatic rings. The summed E-state index contributed by atoms with van der Waals surface area (Å²) in [6.45, 7) is 3.60. The maximum Gasteiger partial charge on any atom is 0.247 e. The molecule has 0 radical (unpaired) electrons. The number of allylic oxidation sites excluding steroid dienone is 2. The molecule has 250 valence electrons. The Balaban J connectivity index is 1.08. The Morgan fingerprint density at radius 1 is 1.19 bits per heavy atom. The van der Waals surface area contributed by atoms with E-state index in [-0.39, 0.29) is 30.0 Å². The van der Waals surface area contributed by atoms with Crippen molar-refractivity contribution in [1.82, 2.24) is 5.32 Å². The van der Waals surface area contributed by atoms with Crippen LogP contribution in [-0.4, -0.2) is 52.7 Å². The molecular weight excluding hydrogens is 604 g/mol. The summed E-state index contributed by atoms with van der Waals surface area (Å²) >= 11 is 0. The molecule has 48 heavy (non-hydrogen) atoms. The van der Waals surface area contributed by atoms with E-state index < -0.39 is 18.4 Å². The van der Waals surface area contributed by atoms with Gasteiger partial charge in [-0.05, 0) is 77.1 Å². The van der Waals surface area contributed by atoms with Crippen molar-refractivity contribution in [3.63, 3.8) is 0 Å². The van der Waals surface area contributed by atoms with Crippen LogP contribution in [0.25, 0.3) is 0 Å². The Morgan fingerprint density at radius 2 is 2.04 bits per heavy atom. The lowest BCUT2D eigenvalue weighted by Crippen LogP contribution is -3.11. The fourth-order valence-electron chi connectivity index (χ4n) is 7.63. The second-order valence-electron chi connectivity index (χ2n) is 13.9. The lowest BCUT2D eigenvalue weighted by molar-refractivity contribution is -0.885. The minimum absolute atomic E-state index is 0.00805. The summed E-state index contributed by atoms with van der Waals surface area (Å²) in [5.41, 5.74) is 14.6. The average molecular weight is 650 g/mol. The van der Waals surface area contributed by atoms with Crippen molar-refractivity contribution in [2.24, 2.45) is 22.6 Å². The number of rotatable bonds is 8. The van der Waals surface area contributed by atoms with Crippen LogP contribution in [0.4, 0.5) is 0 Å². The third kappa shape index (κ3) is 6.77. The second-order valence-corrected chi connectivity index (χ2v) is 13.9. The molecule has 0 saturated carbocycles. The van der Waals surface area contributed by atoms with Crippen LogP contribution in [0, 0.1) is 23.7 Å². The maximum atomic E-state index is 12.8. The highest BCUT2D eigenvalue weighted by molar-refractivity contribution is 5.87. The van der Waals surface area contributed by atoms with Gasteiger partial charge in [-0.2, -0.15) is 0 Å². The molecule has 2 aromatic rings. The van der Waals surface area contributed by atoms with E-state index in [1.165, 1.54) is 5.56 Å². The molecular formula is C39H45N4O5+. The minimum Gasteiger partial charge on any atom is -0.504 e. The fraction of sp³-hybridized carbons (Fsp3) is 0.436. The van der Waals surface area contributed by atoms with Crippen LogP contribution >= 0.6 is 0 Å². The quantitative estimate of drug-likeness (QED) is 0.191. The van der Waals surface area contributed by atoms with E-state index in [9.17, 15) is 20.1 Å². The van der Waals surface area contributed by atoms with Gasteiger partial charge >= 0.3 is 0 Å². The number of carbonyl (C=O) groups excluding carboxylic acids is 1. The van der Waals surface area contributed by atoms with Gasteiger partial charge < -0.3 is 25.8 Å². The number of nitrogens with two attached hydrogens (primary N) is 1. The van der Waals surface area contributed by atoms with E-state index in [0.717, 1.165) is 69.8 Å². The molecule has 4 aliphatic heterocycles. The third-order valence-electron chi connectivity index (χ3n) is 10.5. The van der Waals surface area contributed by atoms with Gasteiger partial charge in [0.1, 0.15) is 36.7 Å². The monoisotopic (exact) mass is 649 g/mol. The van der Waals surface area contributed by atoms with Crippen molar-refractivity contribution in [1.29, 1.82) is 0 Å². The largest absolute Gasteiger partial charge is 0.504 e. The van der Waals surface area contributed by atoms with E-state index in [2.05, 4.69) is 42.4 Å². The molecule has 7 N–H and O–H groups in total. The number of ketones is 1. The number of aromatic hydroxyl groups is 1. The summed E-state index contributed by atoms with van der Waals surface area (Å²) < 4.78 is 6.48. The number of hydrogen-bond donors (Lipinski definition) is 6. The van der Waals surface area contributed by atoms with E-state index in [1.807, 2.05) is 18.3 Å². The highest BCUT2D eigenvalue weighted by atomic mass is 16.5. The van der Waals surface area contributed by atoms with Gasteiger partial charge in [0, 0.05) is 43.5 Å². The number of carbonyl (C=O) groups is 1. The first-order chi connectivity index (χ1) is 23.2. The predicted octanol–water partition coefficient (Wildman–Crippen LogP) is 2.86. The highest BCUT2D eigenvalue weighted by Crippen LogP contribution is 2.35. The first-order valence-corrected chi connectivity index (χ1v) is 17.2. The first kappa shape index (κ1) is 32.5. The Morgan fingerprint density at radius 3 is 2.88 bits per heavy atom. The van der Waals surface area contributed by atoms with Crippen molar-refractivity contribution in [2.45, 2.75) is 82.9 Å². The van der Waals surface area contributed by atoms with Crippen molar-refractivity contribution < 1.29 is 29.8 Å². The number of ether oxygens (including phenoxy) is 1. The third-order valence-corrected chi connectivity index (χ3v) is 10.5. The number of aryl methyl sites for hydroxylation is 1. The van der Waals surface area contributed by atoms with Crippen LogP contribution in [0.1, 0.15) is 79.1 Å². The lowest BCUT2D eigenvalue weighted by Gasteiger charge is -2.28. The van der Waals surface area contributed by atoms with Gasteiger partial charge in [0.25, 0.3) is 0 Å². The molecule has 2 aromatic carbocycles. The summed E-state index contributed by atoms with van der Waals surface area (Å²) in [4.78, 5) is 18.5. The Labute approximate surface area is 281 Å². The molecule has 2 bridgehead atoms. The van der Waals surface area contributed by atoms with E-state index >= 15 is 0 Å². The number of aliphatic hydroxyl groups is 2. The molecule has 1 unspecified atom stereocenters. The zero-order valence-electron chi connectivity index (χ0n) is 27.4. The molecule has 0 aromatic heterocycles. The zero-order chi connectivity index (χ0) is 33.4. The van der Waals surface area contributed by atoms with E-state index in [0.29, 0.717) is 43.9 Å². The number of benzene rings is 2. The normalized spacial score (nSPS) is 28.0. The van der Waals surface area contributed by atoms with Gasteiger partial charge in [-0.1, -0.05) is 49.1 Å². The number of hydrogen-bond acceptors (Lipinski definition) is 8. The van der Waals surface area contributed by atoms with Gasteiger partial charge in [0.2, 0.25) is 6.23 Å². The second kappa shape index (κ2) is 13.8. The van der Waals surface area contributed by atoms with Gasteiger partial charge in [-0.3, -0.25) is 20.0 Å². The Kier molecular flexibility index (Phi) is 9.36. The number of nitrogens with zero attached hydrogens (tertiary/aromatic N) is 1. The molecule has 7 rings (SSSR count). The number of fused-ring (bicyclic) bond motifs is 4. The number of phenolic OH excluding ortho intramolecular Hbond substituents is 1. The molecule has 1 aliphatic carbocycles. The number of aliphatic hydroxyl groups excluding tert-OH is 2. The van der Waals surface area contributed by atoms with Crippen LogP contribution in [0.5, 0.6) is 11.5 Å². The average Bonchev–Trinajstić information content (AvgIpc) is 3.66. The summed E-state index contributed by atoms with van der Waals surface area (Å²) in [6, 6.07) is 9.13. The summed E-state index contributed by atoms with van der Waals surface area (Å²) in [7, 11) is 0. The number of nitrogens with one attached hydrogen (secondary N) is 2. The number of phenols is 1. The molecule has 0 fully saturated rings. The van der Waals surface area contributed by atoms with Gasteiger partial charge in [0.15, 0.2) is 11.5 Å². The topological polar surface area (TPSA) is 142 Å². The van der Waals surface area contributed by atoms with Crippen LogP contribution in [0.3, 0.4) is 0 Å². The maximum absolute atomic E-state index is 12.8. The SMILES string of the molecule is C[C@@H]1C=C[C@H]([C@@H](O)CC(=O)CCc2ccc(O)c(O[C@H]3CC#C[C@H](O)c4ccc5c(c4CC4=C6C[NH+]3C=C6N=C4)CCN[C@H]5N)c2)CC1. The summed E-state index contributed by atoms with van der Waals surface area (Å²) in [6.07, 6.45) is 10.5. The van der Waals surface area contributed by atoms with Crippen molar-refractivity contribution in [3.8, 4) is 23.3 Å². The van der Waals surface area contributed by atoms with Crippen LogP contribution in [0.2, 0.25) is 0 Å². The van der Waals surface area contributed by atoms with Crippen LogP contribution in [0.15, 0.2) is 70.5 Å². The predicted molar refractivity (Wildman–Crippen MR) is 183 cm³/mol. The van der Waals surface area contributed by atoms with Crippen molar-refractivity contribution in [3.05, 3.63) is 93.3 Å². The van der Waals surface area contributed by atoms with Crippen molar-refractivity contribution in [2.75, 3.05) is 13.1 Å². The molecule has 0 saturated heterocycles. The molecule has 9 nitrogen and oxygen atoms in total. The van der Waals surface area contributed by atoms with E-state index in [4.69, 9.17) is 15.5 Å². The van der Waals surface area contributed by atoms with Gasteiger partial charge in [-0.25, -0.2) is 0 Å². The van der Waals surface area contributed by atoms with Gasteiger partial charge in [-0.15, -0.1) is 0 Å². The molecule has 0 amide bonds. The molecule has 7 atom stereocenters. The Bertz CT molecular complexity index is 1780. The highest BCUT2D eigenvalue weighted by Gasteiger charge is 2.36. The number of Topliss-reactive ketones (excluding diaryl/α,β-unsaturated/α-hetero) is 1. The minimum atomic E-state index is -0.971. The van der Waals surface area contributed by atoms with Gasteiger partial charge in [0.05, 0.1) is 12.3 Å². The van der Waals surface area contributed by atoms with E-state index in [1.54, 1.807) is 18.2 Å². The lowest BCUT2D eigenvalue weighted by atomic mass is 9.84. The van der Waals surface area contributed by atoms with Crippen LogP contribution < -0.4 is 20.7 Å². The molecule has 0 spiro atoms. The zero-order valence-corrected chi connectivity index (χ0v) is 27.4. The summed E-state index contributed by atoms with van der Waals surface area (Å²) in [5.74, 6) is 7.14. The standard InChI is InChI=1S/C39H44N4O5/c1-23-5-9-25(10-6-23)36(47)19-27(44)11-7-24-8-14-35(46)37(17-24)48-38-4-2-3-34(45)29-12-13-30-28(15-16-41-39(30)40)31(29)18-26-20-42-33-22-43(38)21-32(26)33/h5,8-9,12-14,17,20,22-23,25,34,36,38-39,41,45-47H,4,6-7,10-11,15-16,18-19,21,40H2,1H3/p+1/t23-,25+,34+,36+,38+,39-/m1/s1. The van der Waals surface area contributed by atoms with Crippen molar-refractivity contribution >= 4 is 12.0 Å².